The van der Waals surface area contributed by atoms with Crippen molar-refractivity contribution in [3.05, 3.63) is 102 Å². The zero-order valence-corrected chi connectivity index (χ0v) is 30.0. The standard InChI is InChI=1S/C38H41N5O9/c1-20-21(2)34(46)38(3)25(33(20)45)17-28-24(32(38)22-7-9-23(10-8-22)52-16-15-44)11-14-42-36(48)41(37(49)43(28)42)13-12-26-35(47)40(4)29-19-31(51-6)30(50-5)18-27(29)39-26/h7-11,18-19,25,28,32,44H,12-17H2,1-6H3/t25-,28+,32-,38+/m0/s1. The van der Waals surface area contributed by atoms with Gasteiger partial charge in [-0.15, -0.1) is 0 Å². The quantitative estimate of drug-likeness (QED) is 0.255. The molecular weight excluding hydrogens is 670 g/mol. The highest BCUT2D eigenvalue weighted by molar-refractivity contribution is 6.15. The van der Waals surface area contributed by atoms with Gasteiger partial charge in [0.15, 0.2) is 23.1 Å². The molecule has 1 aliphatic heterocycles. The van der Waals surface area contributed by atoms with E-state index in [-0.39, 0.29) is 62.0 Å². The van der Waals surface area contributed by atoms with Crippen LogP contribution < -0.4 is 31.1 Å². The number of carbonyl (C=O) groups excluding carboxylic acids is 2. The van der Waals surface area contributed by atoms with Crippen molar-refractivity contribution < 1.29 is 28.9 Å². The number of benzene rings is 2. The van der Waals surface area contributed by atoms with Crippen LogP contribution in [-0.2, 0) is 36.1 Å². The summed E-state index contributed by atoms with van der Waals surface area (Å²) in [4.78, 5) is 74.3. The zero-order chi connectivity index (χ0) is 37.2. The average Bonchev–Trinajstić information content (AvgIpc) is 3.40. The van der Waals surface area contributed by atoms with Crippen LogP contribution in [0.25, 0.3) is 11.0 Å². The van der Waals surface area contributed by atoms with Crippen LogP contribution >= 0.6 is 0 Å². The van der Waals surface area contributed by atoms with Crippen molar-refractivity contribution >= 4 is 22.6 Å². The summed E-state index contributed by atoms with van der Waals surface area (Å²) >= 11 is 0. The smallest absolute Gasteiger partial charge is 0.347 e. The minimum absolute atomic E-state index is 0.00530. The molecule has 2 aliphatic carbocycles. The molecule has 3 heterocycles. The first-order valence-corrected chi connectivity index (χ1v) is 17.2. The summed E-state index contributed by atoms with van der Waals surface area (Å²) in [5.74, 6) is -0.169. The summed E-state index contributed by atoms with van der Waals surface area (Å²) in [6, 6.07) is 9.87. The highest BCUT2D eigenvalue weighted by Gasteiger charge is 2.60. The summed E-state index contributed by atoms with van der Waals surface area (Å²) < 4.78 is 21.7. The van der Waals surface area contributed by atoms with Crippen LogP contribution in [0.1, 0.15) is 50.4 Å². The number of aromatic nitrogens is 5. The van der Waals surface area contributed by atoms with Crippen molar-refractivity contribution in [3.63, 3.8) is 0 Å². The van der Waals surface area contributed by atoms with Crippen LogP contribution in [0.3, 0.4) is 0 Å². The third kappa shape index (κ3) is 5.10. The fraction of sp³-hybridized carbons (Fsp3) is 0.421. The minimum Gasteiger partial charge on any atom is -0.493 e. The Morgan fingerprint density at radius 1 is 0.962 bits per heavy atom. The van der Waals surface area contributed by atoms with Crippen LogP contribution in [0.5, 0.6) is 17.2 Å². The first-order chi connectivity index (χ1) is 24.9. The second-order valence-electron chi connectivity index (χ2n) is 13.8. The normalized spacial score (nSPS) is 22.5. The molecule has 7 rings (SSSR count). The number of methoxy groups -OCH3 is 2. The lowest BCUT2D eigenvalue weighted by molar-refractivity contribution is -0.140. The van der Waals surface area contributed by atoms with Crippen molar-refractivity contribution in [1.29, 1.82) is 0 Å². The lowest BCUT2D eigenvalue weighted by Gasteiger charge is -2.53. The molecule has 52 heavy (non-hydrogen) atoms. The number of hydrogen-bond acceptors (Lipinski definition) is 10. The van der Waals surface area contributed by atoms with Gasteiger partial charge in [0, 0.05) is 44.0 Å². The maximum atomic E-state index is 14.3. The van der Waals surface area contributed by atoms with Crippen molar-refractivity contribution in [3.8, 4) is 17.2 Å². The van der Waals surface area contributed by atoms with Gasteiger partial charge < -0.3 is 23.9 Å². The van der Waals surface area contributed by atoms with Gasteiger partial charge in [0.25, 0.3) is 5.56 Å². The van der Waals surface area contributed by atoms with Gasteiger partial charge in [0.1, 0.15) is 18.1 Å². The van der Waals surface area contributed by atoms with E-state index in [0.29, 0.717) is 39.4 Å². The SMILES string of the molecule is COc1cc2nc(CCn3c(=O)n4n(c3=O)[C@@H]3C[C@H]5C(=O)C(C)=C(C)C(=O)[C@@]5(C)[C@@H](c5ccc(OCCO)cc5)C3=CC4)c(=O)n(C)c2cc1OC. The minimum atomic E-state index is -1.14. The summed E-state index contributed by atoms with van der Waals surface area (Å²) in [7, 11) is 4.62. The Labute approximate surface area is 298 Å². The largest absolute Gasteiger partial charge is 0.493 e. The third-order valence-electron chi connectivity index (χ3n) is 11.3. The highest BCUT2D eigenvalue weighted by Crippen LogP contribution is 2.60. The molecule has 272 valence electrons. The van der Waals surface area contributed by atoms with E-state index in [2.05, 4.69) is 4.98 Å². The third-order valence-corrected chi connectivity index (χ3v) is 11.3. The summed E-state index contributed by atoms with van der Waals surface area (Å²) in [6.45, 7) is 5.15. The van der Waals surface area contributed by atoms with Gasteiger partial charge in [-0.05, 0) is 54.7 Å². The Kier molecular flexibility index (Phi) is 8.68. The van der Waals surface area contributed by atoms with E-state index in [4.69, 9.17) is 14.2 Å². The maximum absolute atomic E-state index is 14.3. The summed E-state index contributed by atoms with van der Waals surface area (Å²) in [5.41, 5.74) is 0.947. The molecule has 0 radical (unpaired) electrons. The van der Waals surface area contributed by atoms with Gasteiger partial charge in [0.05, 0.1) is 49.9 Å². The van der Waals surface area contributed by atoms with Gasteiger partial charge in [-0.3, -0.25) is 14.4 Å². The molecule has 3 aliphatic rings. The molecule has 0 spiro atoms. The first-order valence-electron chi connectivity index (χ1n) is 17.2. The number of hydrogen-bond donors (Lipinski definition) is 1. The Hall–Kier alpha value is -5.50. The number of ether oxygens (including phenoxy) is 3. The molecule has 2 aromatic heterocycles. The van der Waals surface area contributed by atoms with Crippen molar-refractivity contribution in [1.82, 2.24) is 23.5 Å². The summed E-state index contributed by atoms with van der Waals surface area (Å²) in [6.07, 6.45) is 2.07. The number of Topliss-reactive ketones (excluding diaryl/α,β-unsaturated/α-hetero) is 2. The van der Waals surface area contributed by atoms with Crippen molar-refractivity contribution in [2.24, 2.45) is 18.4 Å². The Morgan fingerprint density at radius 2 is 1.65 bits per heavy atom. The Bertz CT molecular complexity index is 2390. The predicted octanol–water partition coefficient (Wildman–Crippen LogP) is 2.47. The van der Waals surface area contributed by atoms with Crippen LogP contribution in [-0.4, -0.2) is 67.6 Å². The Balaban J connectivity index is 1.29. The number of aryl methyl sites for hydroxylation is 2. The molecule has 1 N–H and O–H groups in total. The number of rotatable bonds is 9. The van der Waals surface area contributed by atoms with Gasteiger partial charge >= 0.3 is 11.4 Å². The van der Waals surface area contributed by atoms with Gasteiger partial charge in [-0.25, -0.2) is 28.5 Å². The molecule has 0 amide bonds. The van der Waals surface area contributed by atoms with Crippen LogP contribution in [0.2, 0.25) is 0 Å². The van der Waals surface area contributed by atoms with Crippen LogP contribution in [0.4, 0.5) is 0 Å². The maximum Gasteiger partial charge on any atom is 0.347 e. The second kappa shape index (κ2) is 12.9. The second-order valence-corrected chi connectivity index (χ2v) is 13.8. The van der Waals surface area contributed by atoms with E-state index >= 15 is 0 Å². The zero-order valence-electron chi connectivity index (χ0n) is 30.0. The van der Waals surface area contributed by atoms with E-state index < -0.39 is 34.7 Å². The molecule has 4 atom stereocenters. The average molecular weight is 712 g/mol. The van der Waals surface area contributed by atoms with Gasteiger partial charge in [-0.1, -0.05) is 25.1 Å². The molecule has 1 saturated carbocycles. The first kappa shape index (κ1) is 34.9. The van der Waals surface area contributed by atoms with E-state index in [1.807, 2.05) is 25.1 Å². The lowest BCUT2D eigenvalue weighted by atomic mass is 9.50. The number of allylic oxidation sites excluding steroid dienone is 4. The number of aliphatic hydroxyl groups is 1. The molecule has 0 bridgehead atoms. The van der Waals surface area contributed by atoms with Crippen molar-refractivity contribution in [2.45, 2.75) is 58.7 Å². The fourth-order valence-corrected chi connectivity index (χ4v) is 8.47. The predicted molar refractivity (Wildman–Crippen MR) is 190 cm³/mol. The molecule has 0 unspecified atom stereocenters. The van der Waals surface area contributed by atoms with E-state index in [0.717, 1.165) is 15.7 Å². The monoisotopic (exact) mass is 711 g/mol. The molecule has 1 fully saturated rings. The molecule has 14 heteroatoms. The molecule has 4 aromatic rings. The lowest BCUT2D eigenvalue weighted by Crippen LogP contribution is -2.55. The number of carbonyl (C=O) groups is 2. The number of fused-ring (bicyclic) bond motifs is 5. The van der Waals surface area contributed by atoms with Crippen molar-refractivity contribution in [2.75, 3.05) is 27.4 Å². The van der Waals surface area contributed by atoms with E-state index in [9.17, 15) is 29.1 Å². The highest BCUT2D eigenvalue weighted by atomic mass is 16.5. The molecule has 14 nitrogen and oxygen atoms in total. The molecular formula is C38H41N5O9. The number of ketones is 2. The topological polar surface area (TPSA) is 166 Å². The van der Waals surface area contributed by atoms with Gasteiger partial charge in [-0.2, -0.15) is 0 Å². The van der Waals surface area contributed by atoms with E-state index in [1.165, 1.54) is 28.2 Å². The summed E-state index contributed by atoms with van der Waals surface area (Å²) in [5, 5.41) is 9.20. The number of nitrogens with zero attached hydrogens (tertiary/aromatic N) is 5. The fourth-order valence-electron chi connectivity index (χ4n) is 8.47. The molecule has 0 saturated heterocycles. The molecule has 2 aromatic carbocycles. The van der Waals surface area contributed by atoms with E-state index in [1.54, 1.807) is 45.2 Å². The number of aliphatic hydroxyl groups excluding tert-OH is 1. The Morgan fingerprint density at radius 3 is 2.33 bits per heavy atom. The van der Waals surface area contributed by atoms with Crippen LogP contribution in [0.15, 0.2) is 73.6 Å². The van der Waals surface area contributed by atoms with Gasteiger partial charge in [0.2, 0.25) is 0 Å². The van der Waals surface area contributed by atoms with Crippen LogP contribution in [0, 0.1) is 11.3 Å².